The highest BCUT2D eigenvalue weighted by Gasteiger charge is 2.21. The monoisotopic (exact) mass is 287 g/mol. The second-order valence-corrected chi connectivity index (χ2v) is 4.93. The molecule has 0 aliphatic carbocycles. The number of carbonyl (C=O) groups excluding carboxylic acids is 1. The third-order valence-corrected chi connectivity index (χ3v) is 3.55. The van der Waals surface area contributed by atoms with Crippen molar-refractivity contribution < 1.29 is 13.9 Å². The van der Waals surface area contributed by atoms with E-state index in [-0.39, 0.29) is 11.8 Å². The number of carbonyl (C=O) groups is 1. The van der Waals surface area contributed by atoms with E-state index in [4.69, 9.17) is 9.15 Å². The first-order valence-electron chi connectivity index (χ1n) is 7.04. The Bertz CT molecular complexity index is 592. The molecule has 0 bridgehead atoms. The molecule has 0 spiro atoms. The number of ether oxygens (including phenoxy) is 1. The maximum Gasteiger partial charge on any atom is 0.223 e. The Labute approximate surface area is 122 Å². The van der Waals surface area contributed by atoms with Crippen LogP contribution < -0.4 is 5.32 Å². The Kier molecular flexibility index (Phi) is 4.25. The van der Waals surface area contributed by atoms with E-state index in [2.05, 4.69) is 15.3 Å². The van der Waals surface area contributed by atoms with Crippen molar-refractivity contribution in [3.05, 3.63) is 36.5 Å². The van der Waals surface area contributed by atoms with Crippen LogP contribution in [0.25, 0.3) is 11.5 Å². The predicted octanol–water partition coefficient (Wildman–Crippen LogP) is 1.78. The van der Waals surface area contributed by atoms with Gasteiger partial charge in [-0.2, -0.15) is 0 Å². The SMILES string of the molecule is O=C(NCc1nccnc1-c1ccco1)C1CCOCC1. The molecule has 3 heterocycles. The minimum absolute atomic E-state index is 0.0301. The zero-order valence-corrected chi connectivity index (χ0v) is 11.6. The van der Waals surface area contributed by atoms with Gasteiger partial charge in [0, 0.05) is 31.5 Å². The largest absolute Gasteiger partial charge is 0.463 e. The molecule has 3 rings (SSSR count). The van der Waals surface area contributed by atoms with E-state index in [9.17, 15) is 4.79 Å². The average Bonchev–Trinajstić information content (AvgIpc) is 3.08. The minimum atomic E-state index is 0.0301. The van der Waals surface area contributed by atoms with E-state index in [0.29, 0.717) is 36.9 Å². The molecule has 1 aliphatic rings. The van der Waals surface area contributed by atoms with Crippen LogP contribution in [0.5, 0.6) is 0 Å². The quantitative estimate of drug-likeness (QED) is 0.927. The second-order valence-electron chi connectivity index (χ2n) is 4.93. The van der Waals surface area contributed by atoms with Gasteiger partial charge in [-0.3, -0.25) is 9.78 Å². The van der Waals surface area contributed by atoms with Crippen LogP contribution in [0.15, 0.2) is 35.2 Å². The van der Waals surface area contributed by atoms with Crippen molar-refractivity contribution in [1.82, 2.24) is 15.3 Å². The summed E-state index contributed by atoms with van der Waals surface area (Å²) in [5.41, 5.74) is 1.36. The number of furan rings is 1. The number of aromatic nitrogens is 2. The zero-order chi connectivity index (χ0) is 14.5. The fourth-order valence-corrected chi connectivity index (χ4v) is 2.39. The molecule has 1 saturated heterocycles. The summed E-state index contributed by atoms with van der Waals surface area (Å²) >= 11 is 0. The van der Waals surface area contributed by atoms with E-state index in [1.807, 2.05) is 6.07 Å². The molecule has 1 amide bonds. The van der Waals surface area contributed by atoms with Gasteiger partial charge in [0.15, 0.2) is 5.76 Å². The fourth-order valence-electron chi connectivity index (χ4n) is 2.39. The number of nitrogens with one attached hydrogen (secondary N) is 1. The average molecular weight is 287 g/mol. The molecule has 2 aromatic rings. The molecule has 1 aliphatic heterocycles. The van der Waals surface area contributed by atoms with Crippen LogP contribution in [-0.4, -0.2) is 29.1 Å². The van der Waals surface area contributed by atoms with Crippen molar-refractivity contribution in [3.63, 3.8) is 0 Å². The molecule has 0 aromatic carbocycles. The summed E-state index contributed by atoms with van der Waals surface area (Å²) in [7, 11) is 0. The highest BCUT2D eigenvalue weighted by atomic mass is 16.5. The van der Waals surface area contributed by atoms with Crippen molar-refractivity contribution in [3.8, 4) is 11.5 Å². The standard InChI is InChI=1S/C15H17N3O3/c19-15(11-3-8-20-9-4-11)18-10-12-14(17-6-5-16-12)13-2-1-7-21-13/h1-2,5-7,11H,3-4,8-10H2,(H,18,19). The van der Waals surface area contributed by atoms with Gasteiger partial charge in [0.2, 0.25) is 5.91 Å². The minimum Gasteiger partial charge on any atom is -0.463 e. The first kappa shape index (κ1) is 13.8. The smallest absolute Gasteiger partial charge is 0.223 e. The van der Waals surface area contributed by atoms with Gasteiger partial charge in [-0.15, -0.1) is 0 Å². The number of nitrogens with zero attached hydrogens (tertiary/aromatic N) is 2. The van der Waals surface area contributed by atoms with E-state index in [1.54, 1.807) is 24.7 Å². The maximum absolute atomic E-state index is 12.1. The first-order chi connectivity index (χ1) is 10.3. The Hall–Kier alpha value is -2.21. The molecule has 1 N–H and O–H groups in total. The molecule has 2 aromatic heterocycles. The van der Waals surface area contributed by atoms with Gasteiger partial charge in [-0.1, -0.05) is 0 Å². The normalized spacial score (nSPS) is 15.8. The zero-order valence-electron chi connectivity index (χ0n) is 11.6. The number of hydrogen-bond donors (Lipinski definition) is 1. The Morgan fingerprint density at radius 2 is 2.10 bits per heavy atom. The number of hydrogen-bond acceptors (Lipinski definition) is 5. The molecule has 6 heteroatoms. The van der Waals surface area contributed by atoms with Crippen LogP contribution in [0, 0.1) is 5.92 Å². The Morgan fingerprint density at radius 1 is 1.29 bits per heavy atom. The summed E-state index contributed by atoms with van der Waals surface area (Å²) in [6.07, 6.45) is 6.37. The molecular formula is C15H17N3O3. The molecule has 0 unspecified atom stereocenters. The summed E-state index contributed by atoms with van der Waals surface area (Å²) < 4.78 is 10.6. The highest BCUT2D eigenvalue weighted by molar-refractivity contribution is 5.78. The molecular weight excluding hydrogens is 270 g/mol. The van der Waals surface area contributed by atoms with Gasteiger partial charge in [-0.25, -0.2) is 4.98 Å². The lowest BCUT2D eigenvalue weighted by molar-refractivity contribution is -0.128. The highest BCUT2D eigenvalue weighted by Crippen LogP contribution is 2.20. The van der Waals surface area contributed by atoms with Crippen molar-refractivity contribution >= 4 is 5.91 Å². The predicted molar refractivity (Wildman–Crippen MR) is 75.1 cm³/mol. The van der Waals surface area contributed by atoms with Gasteiger partial charge in [0.1, 0.15) is 5.69 Å². The van der Waals surface area contributed by atoms with Crippen LogP contribution in [-0.2, 0) is 16.1 Å². The fraction of sp³-hybridized carbons (Fsp3) is 0.400. The van der Waals surface area contributed by atoms with E-state index >= 15 is 0 Å². The van der Waals surface area contributed by atoms with Crippen LogP contribution in [0.2, 0.25) is 0 Å². The molecule has 0 saturated carbocycles. The van der Waals surface area contributed by atoms with Crippen LogP contribution in [0.3, 0.4) is 0 Å². The number of amides is 1. The first-order valence-corrected chi connectivity index (χ1v) is 7.04. The summed E-state index contributed by atoms with van der Waals surface area (Å²) in [4.78, 5) is 20.7. The van der Waals surface area contributed by atoms with Crippen LogP contribution in [0.1, 0.15) is 18.5 Å². The summed E-state index contributed by atoms with van der Waals surface area (Å²) in [6.45, 7) is 1.65. The third-order valence-electron chi connectivity index (χ3n) is 3.55. The van der Waals surface area contributed by atoms with Crippen molar-refractivity contribution in [2.24, 2.45) is 5.92 Å². The van der Waals surface area contributed by atoms with Gasteiger partial charge in [0.05, 0.1) is 18.5 Å². The van der Waals surface area contributed by atoms with E-state index in [0.717, 1.165) is 12.8 Å². The van der Waals surface area contributed by atoms with Gasteiger partial charge >= 0.3 is 0 Å². The van der Waals surface area contributed by atoms with Gasteiger partial charge in [-0.05, 0) is 25.0 Å². The Morgan fingerprint density at radius 3 is 2.86 bits per heavy atom. The lowest BCUT2D eigenvalue weighted by atomic mass is 9.99. The second kappa shape index (κ2) is 6.49. The van der Waals surface area contributed by atoms with Gasteiger partial charge < -0.3 is 14.5 Å². The molecule has 0 radical (unpaired) electrons. The summed E-state index contributed by atoms with van der Waals surface area (Å²) in [6, 6.07) is 3.63. The van der Waals surface area contributed by atoms with E-state index < -0.39 is 0 Å². The molecule has 21 heavy (non-hydrogen) atoms. The van der Waals surface area contributed by atoms with Gasteiger partial charge in [0.25, 0.3) is 0 Å². The lowest BCUT2D eigenvalue weighted by Gasteiger charge is -2.21. The Balaban J connectivity index is 1.66. The van der Waals surface area contributed by atoms with E-state index in [1.165, 1.54) is 0 Å². The topological polar surface area (TPSA) is 77.3 Å². The molecule has 0 atom stereocenters. The molecule has 1 fully saturated rings. The van der Waals surface area contributed by atoms with Crippen LogP contribution >= 0.6 is 0 Å². The maximum atomic E-state index is 12.1. The third kappa shape index (κ3) is 3.28. The summed E-state index contributed by atoms with van der Waals surface area (Å²) in [5, 5.41) is 2.93. The lowest BCUT2D eigenvalue weighted by Crippen LogP contribution is -2.34. The summed E-state index contributed by atoms with van der Waals surface area (Å²) in [5.74, 6) is 0.732. The number of rotatable bonds is 4. The molecule has 110 valence electrons. The van der Waals surface area contributed by atoms with Crippen molar-refractivity contribution in [2.45, 2.75) is 19.4 Å². The van der Waals surface area contributed by atoms with Crippen molar-refractivity contribution in [1.29, 1.82) is 0 Å². The molecule has 6 nitrogen and oxygen atoms in total. The van der Waals surface area contributed by atoms with Crippen molar-refractivity contribution in [2.75, 3.05) is 13.2 Å². The van der Waals surface area contributed by atoms with Crippen LogP contribution in [0.4, 0.5) is 0 Å².